The second kappa shape index (κ2) is 6.68. The van der Waals surface area contributed by atoms with Gasteiger partial charge < -0.3 is 5.32 Å². The largest absolute Gasteiger partial charge is 0.320 e. The van der Waals surface area contributed by atoms with Crippen LogP contribution >= 0.6 is 0 Å². The molecule has 1 N–H and O–H groups in total. The number of nitrogens with zero attached hydrogens (tertiary/aromatic N) is 4. The van der Waals surface area contributed by atoms with E-state index in [4.69, 9.17) is 0 Å². The van der Waals surface area contributed by atoms with E-state index < -0.39 is 10.8 Å². The highest BCUT2D eigenvalue weighted by molar-refractivity contribution is 6.06. The summed E-state index contributed by atoms with van der Waals surface area (Å²) in [5.74, 6) is 0.0809. The summed E-state index contributed by atoms with van der Waals surface area (Å²) in [6.07, 6.45) is 3.18. The molecule has 4 rings (SSSR count). The molecule has 0 atom stereocenters. The van der Waals surface area contributed by atoms with E-state index in [-0.39, 0.29) is 11.3 Å². The maximum Gasteiger partial charge on any atom is 0.282 e. The maximum absolute atomic E-state index is 12.4. The van der Waals surface area contributed by atoms with Gasteiger partial charge in [-0.25, -0.2) is 9.97 Å². The number of nitro benzene ring substituents is 1. The van der Waals surface area contributed by atoms with Crippen molar-refractivity contribution in [3.63, 3.8) is 0 Å². The topological polar surface area (TPSA) is 103 Å². The fourth-order valence-corrected chi connectivity index (χ4v) is 2.77. The van der Waals surface area contributed by atoms with Crippen LogP contribution in [0.2, 0.25) is 0 Å². The summed E-state index contributed by atoms with van der Waals surface area (Å²) in [5, 5.41) is 13.7. The van der Waals surface area contributed by atoms with Gasteiger partial charge in [0.05, 0.1) is 27.8 Å². The van der Waals surface area contributed by atoms with Crippen LogP contribution in [0.3, 0.4) is 0 Å². The maximum atomic E-state index is 12.4. The molecular formula is C19H13N5O3. The summed E-state index contributed by atoms with van der Waals surface area (Å²) in [6, 6.07) is 16.9. The van der Waals surface area contributed by atoms with Crippen LogP contribution in [0.5, 0.6) is 0 Å². The van der Waals surface area contributed by atoms with E-state index in [9.17, 15) is 14.9 Å². The summed E-state index contributed by atoms with van der Waals surface area (Å²) in [7, 11) is 0. The number of amides is 1. The number of para-hydroxylation sites is 3. The van der Waals surface area contributed by atoms with Gasteiger partial charge in [-0.1, -0.05) is 24.3 Å². The summed E-state index contributed by atoms with van der Waals surface area (Å²) in [4.78, 5) is 31.5. The molecule has 0 saturated heterocycles. The molecule has 0 aliphatic carbocycles. The van der Waals surface area contributed by atoms with Crippen LogP contribution in [-0.2, 0) is 0 Å². The summed E-state index contributed by atoms with van der Waals surface area (Å²) < 4.78 is 1.84. The third-order valence-electron chi connectivity index (χ3n) is 4.05. The quantitative estimate of drug-likeness (QED) is 0.443. The molecule has 4 aromatic rings. The van der Waals surface area contributed by atoms with E-state index in [2.05, 4.69) is 15.3 Å². The van der Waals surface area contributed by atoms with Crippen LogP contribution in [0.25, 0.3) is 16.9 Å². The zero-order chi connectivity index (χ0) is 18.8. The van der Waals surface area contributed by atoms with E-state index in [1.165, 1.54) is 24.4 Å². The van der Waals surface area contributed by atoms with E-state index in [0.29, 0.717) is 11.5 Å². The Bertz CT molecular complexity index is 1150. The van der Waals surface area contributed by atoms with Gasteiger partial charge in [-0.05, 0) is 30.3 Å². The van der Waals surface area contributed by atoms with Crippen LogP contribution in [-0.4, -0.2) is 25.4 Å². The monoisotopic (exact) mass is 359 g/mol. The van der Waals surface area contributed by atoms with Crippen molar-refractivity contribution >= 4 is 28.3 Å². The number of aromatic nitrogens is 3. The van der Waals surface area contributed by atoms with E-state index in [1.807, 2.05) is 28.8 Å². The van der Waals surface area contributed by atoms with E-state index in [0.717, 1.165) is 11.0 Å². The number of anilines is 1. The predicted octanol–water partition coefficient (Wildman–Crippen LogP) is 3.58. The molecule has 8 nitrogen and oxygen atoms in total. The lowest BCUT2D eigenvalue weighted by atomic mass is 10.1. The van der Waals surface area contributed by atoms with Crippen LogP contribution in [0.4, 0.5) is 11.4 Å². The van der Waals surface area contributed by atoms with Crippen molar-refractivity contribution in [1.29, 1.82) is 0 Å². The molecule has 2 aromatic heterocycles. The number of benzene rings is 2. The van der Waals surface area contributed by atoms with Gasteiger partial charge in [-0.2, -0.15) is 0 Å². The predicted molar refractivity (Wildman–Crippen MR) is 99.9 cm³/mol. The number of carbonyl (C=O) groups excluding carboxylic acids is 1. The van der Waals surface area contributed by atoms with Crippen molar-refractivity contribution < 1.29 is 9.72 Å². The van der Waals surface area contributed by atoms with Gasteiger partial charge in [-0.3, -0.25) is 19.5 Å². The summed E-state index contributed by atoms with van der Waals surface area (Å²) in [6.45, 7) is 0. The lowest BCUT2D eigenvalue weighted by Crippen LogP contribution is -2.14. The van der Waals surface area contributed by atoms with Gasteiger partial charge in [0.1, 0.15) is 17.7 Å². The van der Waals surface area contributed by atoms with Gasteiger partial charge in [0.2, 0.25) is 0 Å². The molecule has 0 saturated carbocycles. The van der Waals surface area contributed by atoms with Gasteiger partial charge >= 0.3 is 0 Å². The zero-order valence-electron chi connectivity index (χ0n) is 13.9. The van der Waals surface area contributed by atoms with E-state index in [1.54, 1.807) is 24.5 Å². The minimum Gasteiger partial charge on any atom is -0.320 e. The SMILES string of the molecule is O=C(Nc1ccc(-n2cnc3ccccc32)nc1)c1ccccc1[N+](=O)[O-]. The fourth-order valence-electron chi connectivity index (χ4n) is 2.77. The molecule has 0 fully saturated rings. The normalized spacial score (nSPS) is 10.7. The molecule has 0 aliphatic rings. The molecule has 1 amide bonds. The Hall–Kier alpha value is -4.07. The first-order chi connectivity index (χ1) is 13.1. The zero-order valence-corrected chi connectivity index (χ0v) is 13.9. The lowest BCUT2D eigenvalue weighted by molar-refractivity contribution is -0.385. The number of pyridine rings is 1. The van der Waals surface area contributed by atoms with Crippen LogP contribution < -0.4 is 5.32 Å². The number of carbonyl (C=O) groups is 1. The average Bonchev–Trinajstić information content (AvgIpc) is 3.12. The number of rotatable bonds is 4. The molecule has 2 heterocycles. The number of fused-ring (bicyclic) bond motifs is 1. The Labute approximate surface area is 153 Å². The molecular weight excluding hydrogens is 346 g/mol. The number of nitro groups is 1. The summed E-state index contributed by atoms with van der Waals surface area (Å²) in [5.41, 5.74) is 1.96. The molecule has 0 unspecified atom stereocenters. The first kappa shape index (κ1) is 16.4. The third-order valence-corrected chi connectivity index (χ3v) is 4.05. The molecule has 0 bridgehead atoms. The third kappa shape index (κ3) is 3.11. The van der Waals surface area contributed by atoms with Crippen LogP contribution in [0.15, 0.2) is 73.2 Å². The van der Waals surface area contributed by atoms with Crippen molar-refractivity contribution in [2.75, 3.05) is 5.32 Å². The van der Waals surface area contributed by atoms with Gasteiger partial charge in [0.15, 0.2) is 0 Å². The Balaban J connectivity index is 1.58. The average molecular weight is 359 g/mol. The number of nitrogens with one attached hydrogen (secondary N) is 1. The van der Waals surface area contributed by atoms with Crippen LogP contribution in [0.1, 0.15) is 10.4 Å². The van der Waals surface area contributed by atoms with Crippen LogP contribution in [0, 0.1) is 10.1 Å². The van der Waals surface area contributed by atoms with Crippen molar-refractivity contribution in [1.82, 2.24) is 14.5 Å². The Morgan fingerprint density at radius 3 is 2.56 bits per heavy atom. The Morgan fingerprint density at radius 2 is 1.78 bits per heavy atom. The van der Waals surface area contributed by atoms with Gasteiger partial charge in [0, 0.05) is 6.07 Å². The molecule has 0 aliphatic heterocycles. The Kier molecular flexibility index (Phi) is 4.06. The fraction of sp³-hybridized carbons (Fsp3) is 0. The molecule has 8 heteroatoms. The van der Waals surface area contributed by atoms with Crippen molar-refractivity contribution in [2.45, 2.75) is 0 Å². The summed E-state index contributed by atoms with van der Waals surface area (Å²) >= 11 is 0. The number of hydrogen-bond acceptors (Lipinski definition) is 5. The van der Waals surface area contributed by atoms with Crippen molar-refractivity contribution in [2.24, 2.45) is 0 Å². The molecule has 27 heavy (non-hydrogen) atoms. The second-order valence-electron chi connectivity index (χ2n) is 5.74. The van der Waals surface area contributed by atoms with Gasteiger partial charge in [0.25, 0.3) is 11.6 Å². The minimum absolute atomic E-state index is 0.00724. The number of imidazole rings is 1. The highest BCUT2D eigenvalue weighted by Gasteiger charge is 2.19. The Morgan fingerprint density at radius 1 is 1.00 bits per heavy atom. The molecule has 0 spiro atoms. The first-order valence-electron chi connectivity index (χ1n) is 8.07. The first-order valence-corrected chi connectivity index (χ1v) is 8.07. The van der Waals surface area contributed by atoms with Gasteiger partial charge in [-0.15, -0.1) is 0 Å². The van der Waals surface area contributed by atoms with E-state index >= 15 is 0 Å². The van der Waals surface area contributed by atoms with Crippen molar-refractivity contribution in [3.05, 3.63) is 88.9 Å². The lowest BCUT2D eigenvalue weighted by Gasteiger charge is -2.07. The second-order valence-corrected chi connectivity index (χ2v) is 5.74. The smallest absolute Gasteiger partial charge is 0.282 e. The molecule has 132 valence electrons. The highest BCUT2D eigenvalue weighted by atomic mass is 16.6. The minimum atomic E-state index is -0.583. The molecule has 0 radical (unpaired) electrons. The number of hydrogen-bond donors (Lipinski definition) is 1. The van der Waals surface area contributed by atoms with Crippen molar-refractivity contribution in [3.8, 4) is 5.82 Å². The highest BCUT2D eigenvalue weighted by Crippen LogP contribution is 2.20. The standard InChI is InChI=1S/C19H13N5O3/c25-19(14-5-1-3-7-16(14)24(26)27)22-13-9-10-18(20-11-13)23-12-21-15-6-2-4-8-17(15)23/h1-12H,(H,22,25). The molecule has 2 aromatic carbocycles.